The average molecular weight is 216 g/mol. The van der Waals surface area contributed by atoms with E-state index >= 15 is 0 Å². The van der Waals surface area contributed by atoms with Crippen molar-refractivity contribution in [2.75, 3.05) is 13.1 Å². The van der Waals surface area contributed by atoms with E-state index in [0.29, 0.717) is 0 Å². The molecule has 2 nitrogen and oxygen atoms in total. The lowest BCUT2D eigenvalue weighted by Crippen LogP contribution is -2.30. The molecule has 0 amide bonds. The van der Waals surface area contributed by atoms with Gasteiger partial charge in [0, 0.05) is 31.1 Å². The van der Waals surface area contributed by atoms with Gasteiger partial charge in [0.1, 0.15) is 0 Å². The van der Waals surface area contributed by atoms with E-state index in [1.54, 1.807) is 0 Å². The van der Waals surface area contributed by atoms with Crippen LogP contribution in [0.15, 0.2) is 30.3 Å². The van der Waals surface area contributed by atoms with Crippen molar-refractivity contribution in [3.63, 3.8) is 0 Å². The fraction of sp³-hybridized carbons (Fsp3) is 0.571. The highest BCUT2D eigenvalue weighted by Crippen LogP contribution is 2.40. The monoisotopic (exact) mass is 216 g/mol. The first kappa shape index (κ1) is 10.3. The minimum Gasteiger partial charge on any atom is -0.313 e. The summed E-state index contributed by atoms with van der Waals surface area (Å²) in [4.78, 5) is 0. The van der Waals surface area contributed by atoms with Crippen molar-refractivity contribution in [3.05, 3.63) is 35.9 Å². The van der Waals surface area contributed by atoms with Crippen LogP contribution in [0.2, 0.25) is 0 Å². The Bertz CT molecular complexity index is 332. The fourth-order valence-corrected chi connectivity index (χ4v) is 2.31. The number of hydrogen-bond donors (Lipinski definition) is 2. The highest BCUT2D eigenvalue weighted by atomic mass is 15.0. The zero-order chi connectivity index (χ0) is 10.8. The molecule has 16 heavy (non-hydrogen) atoms. The van der Waals surface area contributed by atoms with Crippen LogP contribution in [0.1, 0.15) is 30.7 Å². The molecule has 0 saturated heterocycles. The van der Waals surface area contributed by atoms with Crippen molar-refractivity contribution < 1.29 is 0 Å². The van der Waals surface area contributed by atoms with Gasteiger partial charge in [-0.3, -0.25) is 0 Å². The van der Waals surface area contributed by atoms with E-state index in [1.807, 2.05) is 0 Å². The Morgan fingerprint density at radius 1 is 1.00 bits per heavy atom. The maximum atomic E-state index is 3.63. The van der Waals surface area contributed by atoms with Gasteiger partial charge in [-0.25, -0.2) is 0 Å². The van der Waals surface area contributed by atoms with Crippen LogP contribution in [-0.4, -0.2) is 25.2 Å². The summed E-state index contributed by atoms with van der Waals surface area (Å²) in [5.41, 5.74) is 1.50. The number of nitrogens with one attached hydrogen (secondary N) is 2. The molecule has 1 aromatic rings. The molecule has 0 unspecified atom stereocenters. The van der Waals surface area contributed by atoms with E-state index in [0.717, 1.165) is 31.1 Å². The number of rotatable bonds is 6. The summed E-state index contributed by atoms with van der Waals surface area (Å²) in [7, 11) is 0. The lowest BCUT2D eigenvalue weighted by molar-refractivity contribution is 0.600. The lowest BCUT2D eigenvalue weighted by Gasteiger charge is -2.05. The van der Waals surface area contributed by atoms with E-state index < -0.39 is 0 Å². The van der Waals surface area contributed by atoms with E-state index in [1.165, 1.54) is 24.8 Å². The summed E-state index contributed by atoms with van der Waals surface area (Å²) in [6.45, 7) is 2.24. The predicted octanol–water partition coefficient (Wildman–Crippen LogP) is 1.88. The molecule has 2 atom stereocenters. The summed E-state index contributed by atoms with van der Waals surface area (Å²) in [6, 6.07) is 12.4. The number of hydrogen-bond acceptors (Lipinski definition) is 2. The summed E-state index contributed by atoms with van der Waals surface area (Å²) in [5, 5.41) is 7.16. The molecule has 2 N–H and O–H groups in total. The van der Waals surface area contributed by atoms with Gasteiger partial charge in [0.25, 0.3) is 0 Å². The Morgan fingerprint density at radius 2 is 1.75 bits per heavy atom. The van der Waals surface area contributed by atoms with Crippen LogP contribution in [-0.2, 0) is 0 Å². The topological polar surface area (TPSA) is 24.1 Å². The van der Waals surface area contributed by atoms with Crippen molar-refractivity contribution in [1.82, 2.24) is 10.6 Å². The molecule has 0 aromatic heterocycles. The van der Waals surface area contributed by atoms with Gasteiger partial charge in [-0.1, -0.05) is 30.3 Å². The zero-order valence-corrected chi connectivity index (χ0v) is 9.65. The van der Waals surface area contributed by atoms with Crippen molar-refractivity contribution in [2.45, 2.75) is 37.3 Å². The van der Waals surface area contributed by atoms with Crippen LogP contribution in [0.3, 0.4) is 0 Å². The van der Waals surface area contributed by atoms with Gasteiger partial charge in [-0.2, -0.15) is 0 Å². The van der Waals surface area contributed by atoms with Crippen LogP contribution in [0.4, 0.5) is 0 Å². The predicted molar refractivity (Wildman–Crippen MR) is 66.6 cm³/mol. The second-order valence-electron chi connectivity index (χ2n) is 5.04. The molecule has 86 valence electrons. The molecular weight excluding hydrogens is 196 g/mol. The highest BCUT2D eigenvalue weighted by molar-refractivity contribution is 5.27. The van der Waals surface area contributed by atoms with Crippen molar-refractivity contribution >= 4 is 0 Å². The van der Waals surface area contributed by atoms with Gasteiger partial charge < -0.3 is 10.6 Å². The zero-order valence-electron chi connectivity index (χ0n) is 9.65. The Kier molecular flexibility index (Phi) is 2.94. The first-order valence-electron chi connectivity index (χ1n) is 6.45. The number of benzene rings is 1. The van der Waals surface area contributed by atoms with E-state index in [-0.39, 0.29) is 0 Å². The molecule has 2 aliphatic carbocycles. The molecule has 0 aliphatic heterocycles. The van der Waals surface area contributed by atoms with Crippen LogP contribution < -0.4 is 10.6 Å². The van der Waals surface area contributed by atoms with Crippen molar-refractivity contribution in [1.29, 1.82) is 0 Å². The maximum absolute atomic E-state index is 3.63. The van der Waals surface area contributed by atoms with Crippen molar-refractivity contribution in [3.8, 4) is 0 Å². The van der Waals surface area contributed by atoms with Crippen LogP contribution in [0.5, 0.6) is 0 Å². The smallest absolute Gasteiger partial charge is 0.0143 e. The van der Waals surface area contributed by atoms with Crippen LogP contribution in [0.25, 0.3) is 0 Å². The minimum absolute atomic E-state index is 0.725. The second kappa shape index (κ2) is 4.56. The largest absolute Gasteiger partial charge is 0.313 e. The molecule has 2 fully saturated rings. The second-order valence-corrected chi connectivity index (χ2v) is 5.04. The highest BCUT2D eigenvalue weighted by Gasteiger charge is 2.37. The molecule has 0 heterocycles. The molecule has 2 aliphatic rings. The van der Waals surface area contributed by atoms with E-state index in [2.05, 4.69) is 41.0 Å². The molecule has 2 heteroatoms. The molecule has 0 spiro atoms. The quantitative estimate of drug-likeness (QED) is 0.710. The minimum atomic E-state index is 0.725. The maximum Gasteiger partial charge on any atom is 0.0143 e. The van der Waals surface area contributed by atoms with Crippen molar-refractivity contribution in [2.24, 2.45) is 0 Å². The molecular formula is C14H20N2. The molecule has 0 bridgehead atoms. The Morgan fingerprint density at radius 3 is 2.50 bits per heavy atom. The SMILES string of the molecule is c1ccc([C@@H]2C[C@H]2NCCNC2CC2)cc1. The molecule has 1 aromatic carbocycles. The van der Waals surface area contributed by atoms with Gasteiger partial charge in [0.15, 0.2) is 0 Å². The lowest BCUT2D eigenvalue weighted by atomic mass is 10.1. The summed E-state index contributed by atoms with van der Waals surface area (Å²) < 4.78 is 0. The molecule has 0 radical (unpaired) electrons. The summed E-state index contributed by atoms with van der Waals surface area (Å²) >= 11 is 0. The summed E-state index contributed by atoms with van der Waals surface area (Å²) in [6.07, 6.45) is 4.08. The Balaban J connectivity index is 1.36. The van der Waals surface area contributed by atoms with Gasteiger partial charge in [0.2, 0.25) is 0 Å². The third-order valence-corrected chi connectivity index (χ3v) is 3.56. The van der Waals surface area contributed by atoms with Gasteiger partial charge in [-0.05, 0) is 24.8 Å². The first-order valence-corrected chi connectivity index (χ1v) is 6.45. The fourth-order valence-electron chi connectivity index (χ4n) is 2.31. The molecule has 2 saturated carbocycles. The Hall–Kier alpha value is -0.860. The van der Waals surface area contributed by atoms with Gasteiger partial charge in [0.05, 0.1) is 0 Å². The third kappa shape index (κ3) is 2.63. The summed E-state index contributed by atoms with van der Waals surface area (Å²) in [5.74, 6) is 0.766. The van der Waals surface area contributed by atoms with Crippen LogP contribution >= 0.6 is 0 Å². The Labute approximate surface area is 97.4 Å². The van der Waals surface area contributed by atoms with E-state index in [4.69, 9.17) is 0 Å². The molecule has 3 rings (SSSR count). The van der Waals surface area contributed by atoms with Gasteiger partial charge >= 0.3 is 0 Å². The normalized spacial score (nSPS) is 28.0. The van der Waals surface area contributed by atoms with Crippen LogP contribution in [0, 0.1) is 0 Å². The third-order valence-electron chi connectivity index (χ3n) is 3.56. The standard InChI is InChI=1S/C14H20N2/c1-2-4-11(5-3-1)13-10-14(13)16-9-8-15-12-6-7-12/h1-5,12-16H,6-10H2/t13-,14+/m0/s1. The van der Waals surface area contributed by atoms with Gasteiger partial charge in [-0.15, -0.1) is 0 Å². The first-order chi connectivity index (χ1) is 7.93. The average Bonchev–Trinajstić information content (AvgIpc) is 3.21. The van der Waals surface area contributed by atoms with E-state index in [9.17, 15) is 0 Å².